The minimum Gasteiger partial charge on any atom is -0.377 e. The Hall–Kier alpha value is -1.08. The lowest BCUT2D eigenvalue weighted by Gasteiger charge is -2.37. The van der Waals surface area contributed by atoms with Gasteiger partial charge in [0.25, 0.3) is 0 Å². The Morgan fingerprint density at radius 2 is 1.78 bits per heavy atom. The molecule has 0 radical (unpaired) electrons. The average molecular weight is 312 g/mol. The second-order valence-corrected chi connectivity index (χ2v) is 7.55. The number of hydrogen-bond donors (Lipinski definition) is 0. The molecule has 0 aromatic heterocycles. The van der Waals surface area contributed by atoms with E-state index in [1.807, 2.05) is 0 Å². The summed E-state index contributed by atoms with van der Waals surface area (Å²) < 4.78 is 6.13. The van der Waals surface area contributed by atoms with Crippen molar-refractivity contribution in [2.24, 2.45) is 11.8 Å². The topological polar surface area (TPSA) is 9.23 Å². The lowest BCUT2D eigenvalue weighted by molar-refractivity contribution is -0.0469. The van der Waals surface area contributed by atoms with Gasteiger partial charge in [-0.25, -0.2) is 0 Å². The van der Waals surface area contributed by atoms with Crippen LogP contribution in [0.25, 0.3) is 0 Å². The van der Waals surface area contributed by atoms with Gasteiger partial charge in [0, 0.05) is 5.92 Å². The van der Waals surface area contributed by atoms with Crippen molar-refractivity contribution >= 4 is 0 Å². The van der Waals surface area contributed by atoms with Crippen molar-refractivity contribution in [2.45, 2.75) is 70.3 Å². The van der Waals surface area contributed by atoms with Crippen molar-refractivity contribution in [3.63, 3.8) is 0 Å². The van der Waals surface area contributed by atoms with Crippen molar-refractivity contribution in [3.05, 3.63) is 48.0 Å². The van der Waals surface area contributed by atoms with Gasteiger partial charge in [-0.3, -0.25) is 0 Å². The van der Waals surface area contributed by atoms with Crippen molar-refractivity contribution in [1.82, 2.24) is 0 Å². The van der Waals surface area contributed by atoms with Gasteiger partial charge in [-0.1, -0.05) is 43.7 Å². The zero-order chi connectivity index (χ0) is 16.1. The molecule has 126 valence electrons. The lowest BCUT2D eigenvalue weighted by atomic mass is 9.75. The zero-order valence-electron chi connectivity index (χ0n) is 14.7. The van der Waals surface area contributed by atoms with Crippen LogP contribution in [0.4, 0.5) is 0 Å². The number of hydrogen-bond acceptors (Lipinski definition) is 1. The summed E-state index contributed by atoms with van der Waals surface area (Å²) in [5, 5.41) is 0. The Morgan fingerprint density at radius 1 is 1.04 bits per heavy atom. The molecule has 1 saturated carbocycles. The SMILES string of the molecule is C=CC1CCC(C2CCC(c3ccc(CCC)cc3)CC2)OC1. The highest BCUT2D eigenvalue weighted by Crippen LogP contribution is 2.40. The molecule has 0 amide bonds. The summed E-state index contributed by atoms with van der Waals surface area (Å²) in [4.78, 5) is 0. The molecule has 1 aromatic carbocycles. The first-order valence-electron chi connectivity index (χ1n) is 9.63. The molecule has 23 heavy (non-hydrogen) atoms. The van der Waals surface area contributed by atoms with E-state index >= 15 is 0 Å². The maximum absolute atomic E-state index is 6.13. The molecule has 1 heteroatoms. The summed E-state index contributed by atoms with van der Waals surface area (Å²) in [6, 6.07) is 9.43. The molecule has 2 aliphatic rings. The molecule has 3 rings (SSSR count). The minimum absolute atomic E-state index is 0.513. The van der Waals surface area contributed by atoms with Crippen LogP contribution in [-0.4, -0.2) is 12.7 Å². The quantitative estimate of drug-likeness (QED) is 0.616. The number of ether oxygens (including phenoxy) is 1. The highest BCUT2D eigenvalue weighted by Gasteiger charge is 2.31. The lowest BCUT2D eigenvalue weighted by Crippen LogP contribution is -2.33. The Morgan fingerprint density at radius 3 is 2.35 bits per heavy atom. The van der Waals surface area contributed by atoms with Crippen LogP contribution in [0, 0.1) is 11.8 Å². The van der Waals surface area contributed by atoms with Crippen LogP contribution in [-0.2, 0) is 11.2 Å². The largest absolute Gasteiger partial charge is 0.377 e. The highest BCUT2D eigenvalue weighted by molar-refractivity contribution is 5.26. The Kier molecular flexibility index (Phi) is 5.94. The van der Waals surface area contributed by atoms with Gasteiger partial charge < -0.3 is 4.74 Å². The molecule has 2 unspecified atom stereocenters. The van der Waals surface area contributed by atoms with Gasteiger partial charge >= 0.3 is 0 Å². The third-order valence-corrected chi connectivity index (χ3v) is 5.97. The van der Waals surface area contributed by atoms with Crippen molar-refractivity contribution < 1.29 is 4.74 Å². The fraction of sp³-hybridized carbons (Fsp3) is 0.636. The van der Waals surface area contributed by atoms with Gasteiger partial charge in [-0.15, -0.1) is 6.58 Å². The van der Waals surface area contributed by atoms with Gasteiger partial charge in [0.1, 0.15) is 0 Å². The molecule has 1 nitrogen and oxygen atoms in total. The van der Waals surface area contributed by atoms with Crippen molar-refractivity contribution in [2.75, 3.05) is 6.61 Å². The maximum Gasteiger partial charge on any atom is 0.0603 e. The van der Waals surface area contributed by atoms with Crippen LogP contribution in [0.5, 0.6) is 0 Å². The monoisotopic (exact) mass is 312 g/mol. The van der Waals surface area contributed by atoms with Gasteiger partial charge in [-0.2, -0.15) is 0 Å². The van der Waals surface area contributed by atoms with E-state index in [0.717, 1.165) is 18.4 Å². The second kappa shape index (κ2) is 8.15. The fourth-order valence-electron chi connectivity index (χ4n) is 4.42. The third-order valence-electron chi connectivity index (χ3n) is 5.97. The Balaban J connectivity index is 1.49. The summed E-state index contributed by atoms with van der Waals surface area (Å²) in [6.45, 7) is 7.05. The molecular weight excluding hydrogens is 280 g/mol. The normalized spacial score (nSPS) is 31.7. The minimum atomic E-state index is 0.513. The summed E-state index contributed by atoms with van der Waals surface area (Å²) in [5.74, 6) is 2.15. The van der Waals surface area contributed by atoms with E-state index in [1.54, 1.807) is 5.56 Å². The summed E-state index contributed by atoms with van der Waals surface area (Å²) in [7, 11) is 0. The van der Waals surface area contributed by atoms with Crippen LogP contribution >= 0.6 is 0 Å². The zero-order valence-corrected chi connectivity index (χ0v) is 14.7. The molecule has 0 spiro atoms. The Labute approximate surface area is 142 Å². The molecular formula is C22H32O. The fourth-order valence-corrected chi connectivity index (χ4v) is 4.42. The van der Waals surface area contributed by atoms with E-state index < -0.39 is 0 Å². The van der Waals surface area contributed by atoms with Gasteiger partial charge in [0.15, 0.2) is 0 Å². The molecule has 1 saturated heterocycles. The molecule has 1 aromatic rings. The van der Waals surface area contributed by atoms with E-state index in [2.05, 4.69) is 43.8 Å². The second-order valence-electron chi connectivity index (χ2n) is 7.55. The van der Waals surface area contributed by atoms with E-state index in [1.165, 1.54) is 56.9 Å². The van der Waals surface area contributed by atoms with Crippen LogP contribution < -0.4 is 0 Å². The standard InChI is InChI=1S/C22H32O/c1-3-5-18-6-9-19(10-7-18)20-11-13-21(14-12-20)22-15-8-17(4-2)16-23-22/h4,6-7,9-10,17,20-22H,2-3,5,8,11-16H2,1H3. The summed E-state index contributed by atoms with van der Waals surface area (Å²) >= 11 is 0. The van der Waals surface area contributed by atoms with Crippen LogP contribution in [0.2, 0.25) is 0 Å². The van der Waals surface area contributed by atoms with Gasteiger partial charge in [0.05, 0.1) is 12.7 Å². The predicted octanol–water partition coefficient (Wildman–Crippen LogP) is 5.89. The van der Waals surface area contributed by atoms with Crippen molar-refractivity contribution in [3.8, 4) is 0 Å². The smallest absolute Gasteiger partial charge is 0.0603 e. The van der Waals surface area contributed by atoms with Gasteiger partial charge in [-0.05, 0) is 67.9 Å². The first kappa shape index (κ1) is 16.8. The highest BCUT2D eigenvalue weighted by atomic mass is 16.5. The third kappa shape index (κ3) is 4.26. The summed E-state index contributed by atoms with van der Waals surface area (Å²) in [5.41, 5.74) is 3.04. The van der Waals surface area contributed by atoms with E-state index in [-0.39, 0.29) is 0 Å². The molecule has 0 N–H and O–H groups in total. The average Bonchev–Trinajstić information content (AvgIpc) is 2.63. The first-order chi connectivity index (χ1) is 11.3. The van der Waals surface area contributed by atoms with E-state index in [4.69, 9.17) is 4.74 Å². The first-order valence-corrected chi connectivity index (χ1v) is 9.63. The molecule has 2 fully saturated rings. The molecule has 1 heterocycles. The van der Waals surface area contributed by atoms with E-state index in [0.29, 0.717) is 12.0 Å². The van der Waals surface area contributed by atoms with E-state index in [9.17, 15) is 0 Å². The molecule has 1 aliphatic heterocycles. The number of rotatable bonds is 5. The van der Waals surface area contributed by atoms with Crippen LogP contribution in [0.15, 0.2) is 36.9 Å². The molecule has 2 atom stereocenters. The van der Waals surface area contributed by atoms with Gasteiger partial charge in [0.2, 0.25) is 0 Å². The van der Waals surface area contributed by atoms with Crippen LogP contribution in [0.3, 0.4) is 0 Å². The number of aryl methyl sites for hydroxylation is 1. The van der Waals surface area contributed by atoms with Crippen LogP contribution in [0.1, 0.15) is 68.9 Å². The maximum atomic E-state index is 6.13. The summed E-state index contributed by atoms with van der Waals surface area (Å²) in [6.07, 6.45) is 12.9. The number of benzene rings is 1. The predicted molar refractivity (Wildman–Crippen MR) is 97.8 cm³/mol. The molecule has 1 aliphatic carbocycles. The van der Waals surface area contributed by atoms with Crippen molar-refractivity contribution in [1.29, 1.82) is 0 Å². The molecule has 0 bridgehead atoms. The Bertz CT molecular complexity index is 473.